The van der Waals surface area contributed by atoms with E-state index >= 15 is 0 Å². The van der Waals surface area contributed by atoms with Crippen LogP contribution < -0.4 is 10.2 Å². The van der Waals surface area contributed by atoms with Gasteiger partial charge in [-0.15, -0.1) is 0 Å². The van der Waals surface area contributed by atoms with Gasteiger partial charge in [0.25, 0.3) is 0 Å². The third kappa shape index (κ3) is 4.58. The number of benzene rings is 2. The summed E-state index contributed by atoms with van der Waals surface area (Å²) in [5.74, 6) is 0.0927. The highest BCUT2D eigenvalue weighted by atomic mass is 35.5. The molecule has 0 saturated carbocycles. The first kappa shape index (κ1) is 22.6. The summed E-state index contributed by atoms with van der Waals surface area (Å²) in [6.45, 7) is 1.65. The van der Waals surface area contributed by atoms with Gasteiger partial charge in [-0.3, -0.25) is 4.79 Å². The Morgan fingerprint density at radius 2 is 2.00 bits per heavy atom. The lowest BCUT2D eigenvalue weighted by atomic mass is 9.97. The summed E-state index contributed by atoms with van der Waals surface area (Å²) >= 11 is 12.2. The first-order valence-corrected chi connectivity index (χ1v) is 11.8. The normalized spacial score (nSPS) is 16.1. The summed E-state index contributed by atoms with van der Waals surface area (Å²) in [6, 6.07) is 14.0. The summed E-state index contributed by atoms with van der Waals surface area (Å²) in [5.41, 5.74) is 3.24. The smallest absolute Gasteiger partial charge is 0.225 e. The Morgan fingerprint density at radius 3 is 2.82 bits per heavy atom. The van der Waals surface area contributed by atoms with Crippen molar-refractivity contribution >= 4 is 40.4 Å². The number of hydrogen-bond donors (Lipinski definition) is 1. The highest BCUT2D eigenvalue weighted by Crippen LogP contribution is 2.31. The number of nitrogens with zero attached hydrogens (tertiary/aromatic N) is 4. The minimum Gasteiger partial charge on any atom is -0.354 e. The first-order valence-electron chi connectivity index (χ1n) is 11.1. The zero-order valence-corrected chi connectivity index (χ0v) is 19.7. The van der Waals surface area contributed by atoms with Crippen molar-refractivity contribution < 1.29 is 9.18 Å². The molecule has 1 atom stereocenters. The number of anilines is 1. The molecule has 5 rings (SSSR count). The number of carbonyl (C=O) groups excluding carboxylic acids is 1. The fourth-order valence-electron chi connectivity index (χ4n) is 4.32. The number of aromatic nitrogens is 3. The van der Waals surface area contributed by atoms with Gasteiger partial charge < -0.3 is 10.2 Å². The Balaban J connectivity index is 1.33. The molecule has 2 aromatic heterocycles. The molecule has 174 valence electrons. The van der Waals surface area contributed by atoms with Crippen LogP contribution in [0.15, 0.2) is 60.9 Å². The molecular formula is C25H22Cl2FN5O. The molecule has 1 aliphatic heterocycles. The fraction of sp³-hybridized carbons (Fsp3) is 0.240. The minimum atomic E-state index is -0.473. The molecule has 0 radical (unpaired) electrons. The summed E-state index contributed by atoms with van der Waals surface area (Å²) in [7, 11) is 0. The second-order valence-corrected chi connectivity index (χ2v) is 9.16. The Morgan fingerprint density at radius 1 is 1.15 bits per heavy atom. The van der Waals surface area contributed by atoms with Crippen LogP contribution in [-0.2, 0) is 11.3 Å². The zero-order valence-electron chi connectivity index (χ0n) is 18.2. The molecule has 0 aliphatic carbocycles. The number of rotatable bonds is 5. The van der Waals surface area contributed by atoms with Crippen molar-refractivity contribution in [3.8, 4) is 11.3 Å². The molecule has 1 fully saturated rings. The van der Waals surface area contributed by atoms with Gasteiger partial charge in [0.05, 0.1) is 21.7 Å². The molecule has 34 heavy (non-hydrogen) atoms. The largest absolute Gasteiger partial charge is 0.354 e. The second-order valence-electron chi connectivity index (χ2n) is 8.34. The highest BCUT2D eigenvalue weighted by Gasteiger charge is 2.28. The Bertz CT molecular complexity index is 1360. The van der Waals surface area contributed by atoms with E-state index in [4.69, 9.17) is 23.2 Å². The van der Waals surface area contributed by atoms with Gasteiger partial charge in [-0.1, -0.05) is 47.5 Å². The van der Waals surface area contributed by atoms with Crippen LogP contribution in [0.3, 0.4) is 0 Å². The van der Waals surface area contributed by atoms with E-state index in [-0.39, 0.29) is 16.8 Å². The average Bonchev–Trinajstić information content (AvgIpc) is 3.29. The van der Waals surface area contributed by atoms with E-state index in [0.29, 0.717) is 18.1 Å². The number of halogens is 3. The van der Waals surface area contributed by atoms with Crippen LogP contribution in [0.25, 0.3) is 16.8 Å². The van der Waals surface area contributed by atoms with Gasteiger partial charge in [0, 0.05) is 37.6 Å². The van der Waals surface area contributed by atoms with Crippen LogP contribution in [0, 0.1) is 11.7 Å². The lowest BCUT2D eigenvalue weighted by molar-refractivity contribution is -0.125. The van der Waals surface area contributed by atoms with Crippen molar-refractivity contribution in [2.45, 2.75) is 19.4 Å². The average molecular weight is 498 g/mol. The standard InChI is InChI=1S/C25H22Cl2FN5O/c26-19-6-2-1-5-18(19)22-13-23-24(29-9-11-33(23)31-22)32-10-3-4-17(15-32)25(34)30-14-16-7-8-21(28)20(27)12-16/h1-2,5-9,11-13,17H,3-4,10,14-15H2,(H,30,34)/t17-/m1/s1. The Hall–Kier alpha value is -3.16. The SMILES string of the molecule is O=C(NCc1ccc(F)c(Cl)c1)[C@@H]1CCCN(c2nccn3nc(-c4ccccc4Cl)cc23)C1. The minimum absolute atomic E-state index is 0.0395. The maximum Gasteiger partial charge on any atom is 0.225 e. The van der Waals surface area contributed by atoms with Crippen LogP contribution in [0.5, 0.6) is 0 Å². The van der Waals surface area contributed by atoms with Gasteiger partial charge in [0.2, 0.25) is 5.91 Å². The third-order valence-corrected chi connectivity index (χ3v) is 6.68. The number of piperidine rings is 1. The maximum atomic E-state index is 13.4. The molecule has 0 spiro atoms. The third-order valence-electron chi connectivity index (χ3n) is 6.06. The summed E-state index contributed by atoms with van der Waals surface area (Å²) < 4.78 is 15.2. The second kappa shape index (κ2) is 9.60. The molecule has 3 heterocycles. The number of hydrogen-bond acceptors (Lipinski definition) is 4. The van der Waals surface area contributed by atoms with E-state index in [9.17, 15) is 9.18 Å². The van der Waals surface area contributed by atoms with Gasteiger partial charge in [0.1, 0.15) is 11.3 Å². The van der Waals surface area contributed by atoms with Gasteiger partial charge >= 0.3 is 0 Å². The number of nitrogens with one attached hydrogen (secondary N) is 1. The van der Waals surface area contributed by atoms with Crippen molar-refractivity contribution in [3.05, 3.63) is 82.4 Å². The molecule has 4 aromatic rings. The predicted octanol–water partition coefficient (Wildman–Crippen LogP) is 5.38. The molecule has 2 aromatic carbocycles. The maximum absolute atomic E-state index is 13.4. The van der Waals surface area contributed by atoms with Crippen molar-refractivity contribution in [3.63, 3.8) is 0 Å². The van der Waals surface area contributed by atoms with E-state index in [0.717, 1.165) is 47.5 Å². The quantitative estimate of drug-likeness (QED) is 0.402. The van der Waals surface area contributed by atoms with E-state index in [1.807, 2.05) is 30.3 Å². The summed E-state index contributed by atoms with van der Waals surface area (Å²) in [5, 5.41) is 8.32. The highest BCUT2D eigenvalue weighted by molar-refractivity contribution is 6.33. The first-order chi connectivity index (χ1) is 16.5. The van der Waals surface area contributed by atoms with Crippen molar-refractivity contribution in [2.75, 3.05) is 18.0 Å². The summed E-state index contributed by atoms with van der Waals surface area (Å²) in [4.78, 5) is 19.6. The van der Waals surface area contributed by atoms with Gasteiger partial charge in [-0.2, -0.15) is 5.10 Å². The van der Waals surface area contributed by atoms with Gasteiger partial charge in [-0.25, -0.2) is 13.9 Å². The molecule has 0 bridgehead atoms. The Labute approximate surface area is 206 Å². The topological polar surface area (TPSA) is 62.5 Å². The van der Waals surface area contributed by atoms with Crippen LogP contribution in [-0.4, -0.2) is 33.6 Å². The van der Waals surface area contributed by atoms with Crippen LogP contribution >= 0.6 is 23.2 Å². The van der Waals surface area contributed by atoms with Crippen molar-refractivity contribution in [1.82, 2.24) is 19.9 Å². The van der Waals surface area contributed by atoms with E-state index in [1.54, 1.807) is 23.0 Å². The number of carbonyl (C=O) groups is 1. The number of amides is 1. The van der Waals surface area contributed by atoms with Crippen molar-refractivity contribution in [1.29, 1.82) is 0 Å². The van der Waals surface area contributed by atoms with E-state index in [1.165, 1.54) is 12.1 Å². The molecule has 1 amide bonds. The van der Waals surface area contributed by atoms with E-state index < -0.39 is 5.82 Å². The van der Waals surface area contributed by atoms with Gasteiger partial charge in [0.15, 0.2) is 5.82 Å². The van der Waals surface area contributed by atoms with Gasteiger partial charge in [-0.05, 0) is 42.7 Å². The molecule has 1 N–H and O–H groups in total. The molecule has 1 aliphatic rings. The number of fused-ring (bicyclic) bond motifs is 1. The molecule has 1 saturated heterocycles. The predicted molar refractivity (Wildman–Crippen MR) is 132 cm³/mol. The lowest BCUT2D eigenvalue weighted by Crippen LogP contribution is -2.43. The zero-order chi connectivity index (χ0) is 23.7. The van der Waals surface area contributed by atoms with Crippen molar-refractivity contribution in [2.24, 2.45) is 5.92 Å². The summed E-state index contributed by atoms with van der Waals surface area (Å²) in [6.07, 6.45) is 5.18. The molecule has 0 unspecified atom stereocenters. The lowest BCUT2D eigenvalue weighted by Gasteiger charge is -2.33. The fourth-order valence-corrected chi connectivity index (χ4v) is 4.75. The van der Waals surface area contributed by atoms with Crippen LogP contribution in [0.1, 0.15) is 18.4 Å². The monoisotopic (exact) mass is 497 g/mol. The molecule has 6 nitrogen and oxygen atoms in total. The van der Waals surface area contributed by atoms with Crippen LogP contribution in [0.2, 0.25) is 10.0 Å². The van der Waals surface area contributed by atoms with Crippen LogP contribution in [0.4, 0.5) is 10.2 Å². The van der Waals surface area contributed by atoms with E-state index in [2.05, 4.69) is 20.3 Å². The Kier molecular flexibility index (Phi) is 6.39. The molecular weight excluding hydrogens is 476 g/mol. The molecule has 9 heteroatoms.